The van der Waals surface area contributed by atoms with Crippen LogP contribution in [-0.2, 0) is 6.42 Å². The number of thiophene rings is 1. The maximum atomic E-state index is 2.44. The molecule has 10 rings (SSSR count). The van der Waals surface area contributed by atoms with Crippen molar-refractivity contribution in [1.82, 2.24) is 0 Å². The van der Waals surface area contributed by atoms with Crippen LogP contribution in [0.4, 0.5) is 0 Å². The van der Waals surface area contributed by atoms with Gasteiger partial charge in [-0.25, -0.2) is 0 Å². The van der Waals surface area contributed by atoms with Crippen molar-refractivity contribution in [2.24, 2.45) is 0 Å². The zero-order valence-corrected chi connectivity index (χ0v) is 28.3. The summed E-state index contributed by atoms with van der Waals surface area (Å²) < 4.78 is 2.72. The fourth-order valence-electron chi connectivity index (χ4n) is 8.23. The number of fused-ring (bicyclic) bond motifs is 3. The van der Waals surface area contributed by atoms with Gasteiger partial charge in [-0.3, -0.25) is 0 Å². The highest BCUT2D eigenvalue weighted by Gasteiger charge is 2.21. The van der Waals surface area contributed by atoms with Gasteiger partial charge in [0.25, 0.3) is 0 Å². The molecular formula is C48H34S. The summed E-state index contributed by atoms with van der Waals surface area (Å²) in [6, 6.07) is 57.2. The number of hydrogen-bond donors (Lipinski definition) is 0. The Bertz CT molecular complexity index is 2790. The van der Waals surface area contributed by atoms with E-state index >= 15 is 0 Å². The molecule has 0 N–H and O–H groups in total. The van der Waals surface area contributed by atoms with Gasteiger partial charge in [0.1, 0.15) is 0 Å². The van der Waals surface area contributed by atoms with E-state index < -0.39 is 0 Å². The maximum absolute atomic E-state index is 2.44. The normalized spacial score (nSPS) is 12.0. The van der Waals surface area contributed by atoms with Crippen molar-refractivity contribution in [3.63, 3.8) is 0 Å². The van der Waals surface area contributed by atoms with E-state index in [2.05, 4.69) is 159 Å². The fourth-order valence-corrected chi connectivity index (χ4v) is 9.40. The average molecular weight is 643 g/mol. The summed E-state index contributed by atoms with van der Waals surface area (Å²) >= 11 is 1.90. The van der Waals surface area contributed by atoms with Crippen LogP contribution in [0, 0.1) is 0 Å². The Kier molecular flexibility index (Phi) is 6.57. The lowest BCUT2D eigenvalue weighted by Crippen LogP contribution is -1.92. The Balaban J connectivity index is 1.20. The second-order valence-electron chi connectivity index (χ2n) is 13.5. The highest BCUT2D eigenvalue weighted by Crippen LogP contribution is 2.49. The summed E-state index contributed by atoms with van der Waals surface area (Å²) in [6.07, 6.45) is 3.61. The molecule has 0 aliphatic carbocycles. The van der Waals surface area contributed by atoms with Crippen molar-refractivity contribution in [2.75, 3.05) is 0 Å². The lowest BCUT2D eigenvalue weighted by atomic mass is 9.83. The van der Waals surface area contributed by atoms with Gasteiger partial charge in [0, 0.05) is 20.2 Å². The van der Waals surface area contributed by atoms with Crippen molar-refractivity contribution >= 4 is 74.6 Å². The van der Waals surface area contributed by atoms with Crippen molar-refractivity contribution < 1.29 is 0 Å². The highest BCUT2D eigenvalue weighted by atomic mass is 32.1. The molecule has 0 radical (unpaired) electrons. The molecular weight excluding hydrogens is 609 g/mol. The predicted molar refractivity (Wildman–Crippen MR) is 215 cm³/mol. The van der Waals surface area contributed by atoms with Gasteiger partial charge < -0.3 is 0 Å². The van der Waals surface area contributed by atoms with Crippen molar-refractivity contribution in [1.29, 1.82) is 0 Å². The van der Waals surface area contributed by atoms with E-state index in [-0.39, 0.29) is 0 Å². The number of rotatable bonds is 6. The standard InChI is InChI=1S/C48H34S/c1-2-3-10-30-19-21-31(22-20-30)33-25-23-32-24-26-35(28-36(32)27-33)45-37-12-4-6-14-39(37)47(40-15-7-5-13-38(40)45)42-29-34-11-8-17-43-46(34)48-41(42)16-9-18-44(48)49-43/h4-9,11-29H,2-3,10H2,1H3. The van der Waals surface area contributed by atoms with Crippen LogP contribution < -0.4 is 0 Å². The number of aryl methyl sites for hydroxylation is 1. The summed E-state index contributed by atoms with van der Waals surface area (Å²) in [7, 11) is 0. The van der Waals surface area contributed by atoms with Crippen LogP contribution in [0.2, 0.25) is 0 Å². The third kappa shape index (κ3) is 4.50. The molecule has 232 valence electrons. The third-order valence-electron chi connectivity index (χ3n) is 10.6. The molecule has 0 fully saturated rings. The minimum atomic E-state index is 1.15. The molecule has 10 aromatic rings. The molecule has 1 heterocycles. The first kappa shape index (κ1) is 28.5. The summed E-state index contributed by atoms with van der Waals surface area (Å²) in [5.41, 5.74) is 9.14. The van der Waals surface area contributed by atoms with Gasteiger partial charge in [0.2, 0.25) is 0 Å². The first-order chi connectivity index (χ1) is 24.2. The Morgan fingerprint density at radius 1 is 0.429 bits per heavy atom. The SMILES string of the molecule is CCCCc1ccc(-c2ccc3ccc(-c4c5ccccc5c(-c5cc6cccc7sc8cccc5c8c67)c5ccccc45)cc3c2)cc1. The summed E-state index contributed by atoms with van der Waals surface area (Å²) in [5, 5.41) is 13.1. The molecule has 1 heteroatoms. The van der Waals surface area contributed by atoms with E-state index in [1.165, 1.54) is 115 Å². The van der Waals surface area contributed by atoms with Gasteiger partial charge in [-0.05, 0) is 125 Å². The monoisotopic (exact) mass is 642 g/mol. The van der Waals surface area contributed by atoms with E-state index in [0.717, 1.165) is 6.42 Å². The molecule has 0 amide bonds. The zero-order valence-electron chi connectivity index (χ0n) is 27.5. The van der Waals surface area contributed by atoms with Crippen LogP contribution in [0.1, 0.15) is 25.3 Å². The molecule has 0 aliphatic rings. The van der Waals surface area contributed by atoms with Crippen LogP contribution in [0.5, 0.6) is 0 Å². The molecule has 0 nitrogen and oxygen atoms in total. The lowest BCUT2D eigenvalue weighted by molar-refractivity contribution is 0.795. The minimum absolute atomic E-state index is 1.15. The first-order valence-electron chi connectivity index (χ1n) is 17.5. The van der Waals surface area contributed by atoms with Gasteiger partial charge >= 0.3 is 0 Å². The second-order valence-corrected chi connectivity index (χ2v) is 14.6. The Morgan fingerprint density at radius 3 is 1.73 bits per heavy atom. The van der Waals surface area contributed by atoms with Crippen LogP contribution in [0.15, 0.2) is 152 Å². The van der Waals surface area contributed by atoms with Gasteiger partial charge in [0.05, 0.1) is 0 Å². The van der Waals surface area contributed by atoms with Gasteiger partial charge in [0.15, 0.2) is 0 Å². The Labute approximate surface area is 290 Å². The Morgan fingerprint density at radius 2 is 1.02 bits per heavy atom. The number of benzene rings is 9. The molecule has 0 aliphatic heterocycles. The lowest BCUT2D eigenvalue weighted by Gasteiger charge is -2.19. The van der Waals surface area contributed by atoms with E-state index in [4.69, 9.17) is 0 Å². The van der Waals surface area contributed by atoms with E-state index in [1.54, 1.807) is 0 Å². The second kappa shape index (κ2) is 11.3. The quantitative estimate of drug-likeness (QED) is 0.125. The third-order valence-corrected chi connectivity index (χ3v) is 11.7. The summed E-state index contributed by atoms with van der Waals surface area (Å²) in [5.74, 6) is 0. The zero-order chi connectivity index (χ0) is 32.5. The van der Waals surface area contributed by atoms with Gasteiger partial charge in [-0.1, -0.05) is 135 Å². The van der Waals surface area contributed by atoms with Crippen LogP contribution in [-0.4, -0.2) is 0 Å². The predicted octanol–water partition coefficient (Wildman–Crippen LogP) is 14.4. The molecule has 0 unspecified atom stereocenters. The maximum Gasteiger partial charge on any atom is 0.0361 e. The number of unbranched alkanes of at least 4 members (excludes halogenated alkanes) is 1. The van der Waals surface area contributed by atoms with Crippen molar-refractivity contribution in [3.8, 4) is 33.4 Å². The molecule has 0 saturated heterocycles. The van der Waals surface area contributed by atoms with Crippen molar-refractivity contribution in [2.45, 2.75) is 26.2 Å². The smallest absolute Gasteiger partial charge is 0.0361 e. The van der Waals surface area contributed by atoms with Crippen molar-refractivity contribution in [3.05, 3.63) is 157 Å². The van der Waals surface area contributed by atoms with Crippen LogP contribution in [0.25, 0.3) is 96.6 Å². The summed E-state index contributed by atoms with van der Waals surface area (Å²) in [4.78, 5) is 0. The first-order valence-corrected chi connectivity index (χ1v) is 18.3. The minimum Gasteiger partial charge on any atom is -0.135 e. The molecule has 0 atom stereocenters. The topological polar surface area (TPSA) is 0 Å². The number of hydrogen-bond acceptors (Lipinski definition) is 1. The van der Waals surface area contributed by atoms with Gasteiger partial charge in [-0.2, -0.15) is 0 Å². The van der Waals surface area contributed by atoms with E-state index in [0.29, 0.717) is 0 Å². The van der Waals surface area contributed by atoms with Gasteiger partial charge in [-0.15, -0.1) is 11.3 Å². The average Bonchev–Trinajstić information content (AvgIpc) is 3.55. The summed E-state index contributed by atoms with van der Waals surface area (Å²) in [6.45, 7) is 2.26. The Hall–Kier alpha value is -5.50. The molecule has 49 heavy (non-hydrogen) atoms. The largest absolute Gasteiger partial charge is 0.135 e. The van der Waals surface area contributed by atoms with Crippen LogP contribution in [0.3, 0.4) is 0 Å². The molecule has 9 aromatic carbocycles. The van der Waals surface area contributed by atoms with E-state index in [9.17, 15) is 0 Å². The molecule has 0 saturated carbocycles. The molecule has 1 aromatic heterocycles. The molecule has 0 spiro atoms. The van der Waals surface area contributed by atoms with Crippen LogP contribution >= 0.6 is 11.3 Å². The fraction of sp³-hybridized carbons (Fsp3) is 0.0833. The van der Waals surface area contributed by atoms with E-state index in [1.807, 2.05) is 11.3 Å². The highest BCUT2D eigenvalue weighted by molar-refractivity contribution is 7.26. The molecule has 0 bridgehead atoms.